The van der Waals surface area contributed by atoms with Gasteiger partial charge in [0.2, 0.25) is 0 Å². The molecule has 0 amide bonds. The Kier molecular flexibility index (Phi) is 3.67. The molecule has 1 aromatic rings. The first kappa shape index (κ1) is 9.66. The zero-order valence-electron chi connectivity index (χ0n) is 7.80. The lowest BCUT2D eigenvalue weighted by atomic mass is 10.0. The summed E-state index contributed by atoms with van der Waals surface area (Å²) in [5.74, 6) is 0. The molecule has 0 aromatic heterocycles. The van der Waals surface area contributed by atoms with Crippen LogP contribution in [0.5, 0.6) is 0 Å². The maximum absolute atomic E-state index is 4.44. The summed E-state index contributed by atoms with van der Waals surface area (Å²) in [4.78, 5) is 1.14. The number of benzene rings is 1. The van der Waals surface area contributed by atoms with E-state index in [1.165, 1.54) is 30.4 Å². The van der Waals surface area contributed by atoms with Crippen molar-refractivity contribution in [2.24, 2.45) is 0 Å². The van der Waals surface area contributed by atoms with Crippen LogP contribution in [0.25, 0.3) is 0 Å². The summed E-state index contributed by atoms with van der Waals surface area (Å²) >= 11 is 4.44. The Morgan fingerprint density at radius 3 is 2.67 bits per heavy atom. The molecule has 0 saturated carbocycles. The normalized spacial score (nSPS) is 10.2. The van der Waals surface area contributed by atoms with Gasteiger partial charge in [0.25, 0.3) is 0 Å². The molecule has 0 aliphatic rings. The topological polar surface area (TPSA) is 0 Å². The molecule has 66 valence electrons. The van der Waals surface area contributed by atoms with Crippen molar-refractivity contribution in [2.45, 2.75) is 38.0 Å². The van der Waals surface area contributed by atoms with Crippen molar-refractivity contribution >= 4 is 12.6 Å². The summed E-state index contributed by atoms with van der Waals surface area (Å²) < 4.78 is 0. The second kappa shape index (κ2) is 4.56. The Morgan fingerprint density at radius 2 is 2.08 bits per heavy atom. The molecule has 0 atom stereocenters. The lowest BCUT2D eigenvalue weighted by Gasteiger charge is -2.07. The van der Waals surface area contributed by atoms with Gasteiger partial charge in [0.05, 0.1) is 0 Å². The van der Waals surface area contributed by atoms with Crippen LogP contribution in [0.2, 0.25) is 0 Å². The number of hydrogen-bond donors (Lipinski definition) is 1. The Morgan fingerprint density at radius 1 is 1.33 bits per heavy atom. The fraction of sp³-hybridized carbons (Fsp3) is 0.455. The number of unbranched alkanes of at least 4 members (excludes halogenated alkanes) is 1. The monoisotopic (exact) mass is 180 g/mol. The van der Waals surface area contributed by atoms with Crippen molar-refractivity contribution in [1.82, 2.24) is 0 Å². The van der Waals surface area contributed by atoms with E-state index < -0.39 is 0 Å². The number of aryl methyl sites for hydroxylation is 1. The van der Waals surface area contributed by atoms with Crippen molar-refractivity contribution in [1.29, 1.82) is 0 Å². The molecular weight excluding hydrogens is 164 g/mol. The Balaban J connectivity index is 2.81. The standard InChI is InChI=1S/C11H16S/c1-3-4-7-10-9(2)6-5-8-11(10)12/h5-6,8,12H,3-4,7H2,1-2H3. The van der Waals surface area contributed by atoms with Gasteiger partial charge in [-0.1, -0.05) is 25.5 Å². The molecule has 1 rings (SSSR count). The van der Waals surface area contributed by atoms with Crippen molar-refractivity contribution in [3.63, 3.8) is 0 Å². The quantitative estimate of drug-likeness (QED) is 0.675. The van der Waals surface area contributed by atoms with Gasteiger partial charge in [-0.15, -0.1) is 12.6 Å². The minimum Gasteiger partial charge on any atom is -0.143 e. The fourth-order valence-electron chi connectivity index (χ4n) is 1.37. The fourth-order valence-corrected chi connectivity index (χ4v) is 1.74. The molecule has 1 heteroatoms. The van der Waals surface area contributed by atoms with E-state index in [-0.39, 0.29) is 0 Å². The average molecular weight is 180 g/mol. The van der Waals surface area contributed by atoms with E-state index in [0.29, 0.717) is 0 Å². The SMILES string of the molecule is CCCCc1c(C)cccc1S. The van der Waals surface area contributed by atoms with E-state index in [0.717, 1.165) is 4.90 Å². The predicted molar refractivity (Wildman–Crippen MR) is 57.0 cm³/mol. The summed E-state index contributed by atoms with van der Waals surface area (Å²) in [5, 5.41) is 0. The molecule has 0 saturated heterocycles. The predicted octanol–water partition coefficient (Wildman–Crippen LogP) is 3.63. The molecular formula is C11H16S. The second-order valence-electron chi connectivity index (χ2n) is 3.18. The molecule has 0 heterocycles. The molecule has 0 nitrogen and oxygen atoms in total. The van der Waals surface area contributed by atoms with Gasteiger partial charge >= 0.3 is 0 Å². The van der Waals surface area contributed by atoms with Gasteiger partial charge < -0.3 is 0 Å². The summed E-state index contributed by atoms with van der Waals surface area (Å²) in [6, 6.07) is 6.29. The minimum atomic E-state index is 1.14. The van der Waals surface area contributed by atoms with Crippen LogP contribution in [0.4, 0.5) is 0 Å². The van der Waals surface area contributed by atoms with Gasteiger partial charge in [-0.3, -0.25) is 0 Å². The van der Waals surface area contributed by atoms with Crippen molar-refractivity contribution in [3.8, 4) is 0 Å². The van der Waals surface area contributed by atoms with Crippen molar-refractivity contribution in [3.05, 3.63) is 29.3 Å². The lowest BCUT2D eigenvalue weighted by molar-refractivity contribution is 0.781. The molecule has 12 heavy (non-hydrogen) atoms. The van der Waals surface area contributed by atoms with E-state index in [9.17, 15) is 0 Å². The van der Waals surface area contributed by atoms with Gasteiger partial charge in [-0.05, 0) is 37.0 Å². The second-order valence-corrected chi connectivity index (χ2v) is 3.66. The summed E-state index contributed by atoms with van der Waals surface area (Å²) in [6.45, 7) is 4.38. The van der Waals surface area contributed by atoms with Gasteiger partial charge in [-0.2, -0.15) is 0 Å². The molecule has 0 N–H and O–H groups in total. The Hall–Kier alpha value is -0.430. The highest BCUT2D eigenvalue weighted by Gasteiger charge is 2.00. The maximum Gasteiger partial charge on any atom is 0.00746 e. The van der Waals surface area contributed by atoms with Crippen LogP contribution >= 0.6 is 12.6 Å². The van der Waals surface area contributed by atoms with Crippen LogP contribution < -0.4 is 0 Å². The average Bonchev–Trinajstić information content (AvgIpc) is 2.04. The number of rotatable bonds is 3. The molecule has 0 fully saturated rings. The zero-order chi connectivity index (χ0) is 8.97. The van der Waals surface area contributed by atoms with Gasteiger partial charge in [0.1, 0.15) is 0 Å². The van der Waals surface area contributed by atoms with Crippen molar-refractivity contribution in [2.75, 3.05) is 0 Å². The smallest absolute Gasteiger partial charge is 0.00746 e. The highest BCUT2D eigenvalue weighted by atomic mass is 32.1. The molecule has 0 aliphatic carbocycles. The van der Waals surface area contributed by atoms with Crippen LogP contribution in [0.1, 0.15) is 30.9 Å². The third-order valence-corrected chi connectivity index (χ3v) is 2.58. The third-order valence-electron chi connectivity index (χ3n) is 2.17. The minimum absolute atomic E-state index is 1.14. The van der Waals surface area contributed by atoms with Crippen LogP contribution in [0.15, 0.2) is 23.1 Å². The van der Waals surface area contributed by atoms with E-state index in [1.54, 1.807) is 0 Å². The largest absolute Gasteiger partial charge is 0.143 e. The highest BCUT2D eigenvalue weighted by Crippen LogP contribution is 2.19. The lowest BCUT2D eigenvalue weighted by Crippen LogP contribution is -1.90. The van der Waals surface area contributed by atoms with Gasteiger partial charge in [0.15, 0.2) is 0 Å². The van der Waals surface area contributed by atoms with Gasteiger partial charge in [-0.25, -0.2) is 0 Å². The van der Waals surface area contributed by atoms with Gasteiger partial charge in [0, 0.05) is 4.90 Å². The molecule has 0 bridgehead atoms. The van der Waals surface area contributed by atoms with E-state index in [2.05, 4.69) is 44.7 Å². The van der Waals surface area contributed by atoms with Crippen molar-refractivity contribution < 1.29 is 0 Å². The summed E-state index contributed by atoms with van der Waals surface area (Å²) in [6.07, 6.45) is 3.68. The first-order valence-corrected chi connectivity index (χ1v) is 4.98. The molecule has 0 aliphatic heterocycles. The first-order chi connectivity index (χ1) is 5.75. The molecule has 0 spiro atoms. The highest BCUT2D eigenvalue weighted by molar-refractivity contribution is 7.80. The van der Waals surface area contributed by atoms with E-state index >= 15 is 0 Å². The number of thiol groups is 1. The molecule has 1 aromatic carbocycles. The van der Waals surface area contributed by atoms with Crippen LogP contribution in [-0.2, 0) is 6.42 Å². The molecule has 0 radical (unpaired) electrons. The zero-order valence-corrected chi connectivity index (χ0v) is 8.70. The van der Waals surface area contributed by atoms with Crippen LogP contribution in [0.3, 0.4) is 0 Å². The van der Waals surface area contributed by atoms with E-state index in [4.69, 9.17) is 0 Å². The Bertz CT molecular complexity index is 233. The number of hydrogen-bond acceptors (Lipinski definition) is 1. The molecule has 0 unspecified atom stereocenters. The Labute approximate surface area is 80.4 Å². The van der Waals surface area contributed by atoms with Crippen LogP contribution in [0, 0.1) is 6.92 Å². The van der Waals surface area contributed by atoms with E-state index in [1.807, 2.05) is 0 Å². The third kappa shape index (κ3) is 2.28. The summed E-state index contributed by atoms with van der Waals surface area (Å²) in [7, 11) is 0. The maximum atomic E-state index is 4.44. The summed E-state index contributed by atoms with van der Waals surface area (Å²) in [5.41, 5.74) is 2.79. The van der Waals surface area contributed by atoms with Crippen LogP contribution in [-0.4, -0.2) is 0 Å². The first-order valence-electron chi connectivity index (χ1n) is 4.53.